The van der Waals surface area contributed by atoms with Gasteiger partial charge >= 0.3 is 0 Å². The van der Waals surface area contributed by atoms with Crippen molar-refractivity contribution in [2.24, 2.45) is 5.10 Å². The van der Waals surface area contributed by atoms with Gasteiger partial charge in [0.1, 0.15) is 5.69 Å². The van der Waals surface area contributed by atoms with Crippen molar-refractivity contribution in [2.75, 3.05) is 31.5 Å². The highest BCUT2D eigenvalue weighted by Crippen LogP contribution is 2.22. The van der Waals surface area contributed by atoms with Crippen LogP contribution in [0.5, 0.6) is 0 Å². The Morgan fingerprint density at radius 2 is 2.00 bits per heavy atom. The highest BCUT2D eigenvalue weighted by Gasteiger charge is 2.17. The maximum absolute atomic E-state index is 11.1. The quantitative estimate of drug-likeness (QED) is 0.846. The Hall–Kier alpha value is -2.67. The zero-order chi connectivity index (χ0) is 17.6. The van der Waals surface area contributed by atoms with E-state index < -0.39 is 0 Å². The molecule has 132 valence electrons. The van der Waals surface area contributed by atoms with Crippen LogP contribution in [0.25, 0.3) is 11.3 Å². The molecule has 1 saturated heterocycles. The number of nitrogens with one attached hydrogen (secondary N) is 1. The van der Waals surface area contributed by atoms with Gasteiger partial charge in [-0.25, -0.2) is 0 Å². The van der Waals surface area contributed by atoms with E-state index in [2.05, 4.69) is 25.5 Å². The second-order valence-electron chi connectivity index (χ2n) is 6.04. The van der Waals surface area contributed by atoms with Crippen LogP contribution in [0.3, 0.4) is 0 Å². The lowest BCUT2D eigenvalue weighted by Crippen LogP contribution is -2.43. The lowest BCUT2D eigenvalue weighted by Gasteiger charge is -2.32. The van der Waals surface area contributed by atoms with Crippen LogP contribution in [-0.2, 0) is 11.3 Å². The van der Waals surface area contributed by atoms with Crippen LogP contribution in [0.4, 0.5) is 5.69 Å². The molecule has 1 fully saturated rings. The van der Waals surface area contributed by atoms with E-state index in [0.29, 0.717) is 0 Å². The molecule has 0 aliphatic carbocycles. The van der Waals surface area contributed by atoms with E-state index in [1.807, 2.05) is 43.5 Å². The largest absolute Gasteiger partial charge is 0.359 e. The van der Waals surface area contributed by atoms with Gasteiger partial charge in [-0.3, -0.25) is 14.7 Å². The predicted octanol–water partition coefficient (Wildman–Crippen LogP) is 2.42. The summed E-state index contributed by atoms with van der Waals surface area (Å²) in [6.07, 6.45) is 1.83. The van der Waals surface area contributed by atoms with E-state index >= 15 is 0 Å². The van der Waals surface area contributed by atoms with Crippen LogP contribution in [0, 0.1) is 0 Å². The Morgan fingerprint density at radius 1 is 1.28 bits per heavy atom. The summed E-state index contributed by atoms with van der Waals surface area (Å²) in [6, 6.07) is 9.55. The summed E-state index contributed by atoms with van der Waals surface area (Å²) in [6.45, 7) is 7.95. The third-order valence-corrected chi connectivity index (χ3v) is 4.07. The summed E-state index contributed by atoms with van der Waals surface area (Å²) < 4.78 is 5.49. The molecule has 0 radical (unpaired) electrons. The van der Waals surface area contributed by atoms with Gasteiger partial charge in [0.15, 0.2) is 5.76 Å². The van der Waals surface area contributed by atoms with Crippen LogP contribution >= 0.6 is 0 Å². The molecule has 7 nitrogen and oxygen atoms in total. The van der Waals surface area contributed by atoms with Gasteiger partial charge in [-0.1, -0.05) is 17.3 Å². The molecule has 2 heterocycles. The number of carbonyl (C=O) groups excluding carboxylic acids is 1. The number of nitrogens with zero attached hydrogens (tertiary/aromatic N) is 4. The standard InChI is InChI=1S/C18H23N5O2/c1-3-19-23-10-8-22(9-11-23)13-17-12-18(21-25-17)15-4-6-16(7-5-15)20-14(2)24/h3-7,12H,8-11,13H2,1-2H3,(H,20,24)/b19-3-. The topological polar surface area (TPSA) is 74.0 Å². The van der Waals surface area contributed by atoms with Gasteiger partial charge in [0.05, 0.1) is 6.54 Å². The molecule has 1 N–H and O–H groups in total. The Balaban J connectivity index is 1.58. The fourth-order valence-electron chi connectivity index (χ4n) is 2.85. The Morgan fingerprint density at radius 3 is 2.64 bits per heavy atom. The average Bonchev–Trinajstić information content (AvgIpc) is 3.05. The maximum atomic E-state index is 11.1. The van der Waals surface area contributed by atoms with E-state index in [4.69, 9.17) is 4.52 Å². The molecule has 1 aliphatic heterocycles. The summed E-state index contributed by atoms with van der Waals surface area (Å²) in [7, 11) is 0. The number of hydrogen-bond donors (Lipinski definition) is 1. The Labute approximate surface area is 147 Å². The maximum Gasteiger partial charge on any atom is 0.221 e. The highest BCUT2D eigenvalue weighted by atomic mass is 16.5. The molecule has 0 saturated carbocycles. The number of piperazine rings is 1. The van der Waals surface area contributed by atoms with Crippen molar-refractivity contribution < 1.29 is 9.32 Å². The molecule has 0 atom stereocenters. The van der Waals surface area contributed by atoms with E-state index in [-0.39, 0.29) is 5.91 Å². The molecule has 7 heteroatoms. The monoisotopic (exact) mass is 341 g/mol. The SMILES string of the molecule is C/C=N\N1CCN(Cc2cc(-c3ccc(NC(C)=O)cc3)no2)CC1. The lowest BCUT2D eigenvalue weighted by molar-refractivity contribution is -0.114. The van der Waals surface area contributed by atoms with E-state index in [9.17, 15) is 4.79 Å². The highest BCUT2D eigenvalue weighted by molar-refractivity contribution is 5.88. The molecule has 0 bridgehead atoms. The Bertz CT molecular complexity index is 730. The second-order valence-corrected chi connectivity index (χ2v) is 6.04. The second kappa shape index (κ2) is 7.94. The minimum absolute atomic E-state index is 0.0822. The van der Waals surface area contributed by atoms with Gasteiger partial charge in [-0.2, -0.15) is 5.10 Å². The summed E-state index contributed by atoms with van der Waals surface area (Å²) in [4.78, 5) is 13.4. The molecule has 25 heavy (non-hydrogen) atoms. The number of hydrogen-bond acceptors (Lipinski definition) is 6. The zero-order valence-corrected chi connectivity index (χ0v) is 14.6. The molecule has 3 rings (SSSR count). The molecule has 2 aromatic rings. The molecule has 0 spiro atoms. The third-order valence-electron chi connectivity index (χ3n) is 4.07. The molecular formula is C18H23N5O2. The number of carbonyl (C=O) groups is 1. The van der Waals surface area contributed by atoms with Crippen molar-refractivity contribution in [3.05, 3.63) is 36.1 Å². The van der Waals surface area contributed by atoms with Gasteiger partial charge in [0, 0.05) is 56.6 Å². The predicted molar refractivity (Wildman–Crippen MR) is 97.3 cm³/mol. The Kier molecular flexibility index (Phi) is 5.45. The minimum Gasteiger partial charge on any atom is -0.359 e. The number of anilines is 1. The van der Waals surface area contributed by atoms with Crippen molar-refractivity contribution in [3.8, 4) is 11.3 Å². The van der Waals surface area contributed by atoms with Crippen LogP contribution in [0.1, 0.15) is 19.6 Å². The van der Waals surface area contributed by atoms with Crippen molar-refractivity contribution in [1.29, 1.82) is 0 Å². The normalized spacial score (nSPS) is 15.7. The van der Waals surface area contributed by atoms with Crippen LogP contribution in [-0.4, -0.2) is 53.4 Å². The van der Waals surface area contributed by atoms with Crippen molar-refractivity contribution in [1.82, 2.24) is 15.1 Å². The van der Waals surface area contributed by atoms with Crippen LogP contribution in [0.2, 0.25) is 0 Å². The molecular weight excluding hydrogens is 318 g/mol. The van der Waals surface area contributed by atoms with Crippen LogP contribution in [0.15, 0.2) is 40.0 Å². The van der Waals surface area contributed by atoms with Gasteiger partial charge in [-0.05, 0) is 19.1 Å². The average molecular weight is 341 g/mol. The van der Waals surface area contributed by atoms with E-state index in [0.717, 1.165) is 55.4 Å². The van der Waals surface area contributed by atoms with Crippen molar-refractivity contribution in [3.63, 3.8) is 0 Å². The first-order valence-corrected chi connectivity index (χ1v) is 8.43. The molecule has 1 aliphatic rings. The minimum atomic E-state index is -0.0822. The molecule has 0 unspecified atom stereocenters. The molecule has 1 aromatic heterocycles. The van der Waals surface area contributed by atoms with Gasteiger partial charge in [0.25, 0.3) is 0 Å². The fraction of sp³-hybridized carbons (Fsp3) is 0.389. The first kappa shape index (κ1) is 17.2. The third kappa shape index (κ3) is 4.67. The number of amides is 1. The number of benzene rings is 1. The first-order chi connectivity index (χ1) is 12.1. The van der Waals surface area contributed by atoms with E-state index in [1.165, 1.54) is 6.92 Å². The smallest absolute Gasteiger partial charge is 0.221 e. The summed E-state index contributed by atoms with van der Waals surface area (Å²) in [5, 5.41) is 13.3. The van der Waals surface area contributed by atoms with Crippen molar-refractivity contribution in [2.45, 2.75) is 20.4 Å². The molecule has 1 amide bonds. The van der Waals surface area contributed by atoms with Crippen molar-refractivity contribution >= 4 is 17.8 Å². The van der Waals surface area contributed by atoms with Gasteiger partial charge in [0.2, 0.25) is 5.91 Å². The van der Waals surface area contributed by atoms with Crippen LogP contribution < -0.4 is 5.32 Å². The summed E-state index contributed by atoms with van der Waals surface area (Å²) in [5.41, 5.74) is 2.54. The molecule has 1 aromatic carbocycles. The van der Waals surface area contributed by atoms with E-state index in [1.54, 1.807) is 0 Å². The van der Waals surface area contributed by atoms with Gasteiger partial charge < -0.3 is 9.84 Å². The number of rotatable bonds is 5. The number of aromatic nitrogens is 1. The summed E-state index contributed by atoms with van der Waals surface area (Å²) in [5.74, 6) is 0.773. The fourth-order valence-corrected chi connectivity index (χ4v) is 2.85. The number of hydrazone groups is 1. The lowest BCUT2D eigenvalue weighted by atomic mass is 10.1. The first-order valence-electron chi connectivity index (χ1n) is 8.43. The van der Waals surface area contributed by atoms with Gasteiger partial charge in [-0.15, -0.1) is 0 Å². The summed E-state index contributed by atoms with van der Waals surface area (Å²) >= 11 is 0. The zero-order valence-electron chi connectivity index (χ0n) is 14.6.